The Labute approximate surface area is 91.5 Å². The molecule has 0 fully saturated rings. The zero-order chi connectivity index (χ0) is 11.3. The predicted molar refractivity (Wildman–Crippen MR) is 66.3 cm³/mol. The summed E-state index contributed by atoms with van der Waals surface area (Å²) in [5.41, 5.74) is 8.73. The van der Waals surface area contributed by atoms with Crippen LogP contribution in [0, 0.1) is 0 Å². The minimum Gasteiger partial charge on any atom is -0.405 e. The van der Waals surface area contributed by atoms with E-state index in [9.17, 15) is 0 Å². The first-order chi connectivity index (χ1) is 7.19. The summed E-state index contributed by atoms with van der Waals surface area (Å²) in [5.74, 6) is 0.532. The van der Waals surface area contributed by atoms with Gasteiger partial charge in [-0.15, -0.1) is 0 Å². The fraction of sp³-hybridized carbons (Fsp3) is 0.308. The first-order valence-electron chi connectivity index (χ1n) is 5.14. The van der Waals surface area contributed by atoms with Gasteiger partial charge in [-0.05, 0) is 35.4 Å². The maximum atomic E-state index is 5.38. The highest BCUT2D eigenvalue weighted by Gasteiger charge is 2.02. The molecular formula is C13H18N2. The fourth-order valence-electron chi connectivity index (χ4n) is 1.45. The van der Waals surface area contributed by atoms with Gasteiger partial charge in [0.25, 0.3) is 0 Å². The first kappa shape index (κ1) is 11.5. The van der Waals surface area contributed by atoms with E-state index >= 15 is 0 Å². The molecule has 0 amide bonds. The average Bonchev–Trinajstić information content (AvgIpc) is 2.26. The van der Waals surface area contributed by atoms with Crippen LogP contribution < -0.4 is 5.73 Å². The van der Waals surface area contributed by atoms with E-state index in [0.717, 1.165) is 11.3 Å². The molecule has 2 heteroatoms. The number of nitrogens with zero attached hydrogens (tertiary/aromatic N) is 1. The largest absolute Gasteiger partial charge is 0.405 e. The Bertz CT molecular complexity index is 376. The molecule has 1 rings (SSSR count). The lowest BCUT2D eigenvalue weighted by Crippen LogP contribution is -1.99. The summed E-state index contributed by atoms with van der Waals surface area (Å²) in [4.78, 5) is 4.20. The lowest BCUT2D eigenvalue weighted by molar-refractivity contribution is 0.866. The van der Waals surface area contributed by atoms with E-state index in [1.807, 2.05) is 12.1 Å². The molecule has 0 atom stereocenters. The quantitative estimate of drug-likeness (QED) is 0.752. The second kappa shape index (κ2) is 5.35. The van der Waals surface area contributed by atoms with Crippen molar-refractivity contribution < 1.29 is 0 Å². The zero-order valence-electron chi connectivity index (χ0n) is 9.57. The molecule has 0 heterocycles. The lowest BCUT2D eigenvalue weighted by atomic mass is 9.99. The summed E-state index contributed by atoms with van der Waals surface area (Å²) in [6, 6.07) is 8.40. The third-order valence-corrected chi connectivity index (χ3v) is 2.34. The number of hydrogen-bond donors (Lipinski definition) is 1. The molecule has 1 aromatic carbocycles. The van der Waals surface area contributed by atoms with Gasteiger partial charge in [-0.1, -0.05) is 32.0 Å². The van der Waals surface area contributed by atoms with E-state index in [2.05, 4.69) is 37.0 Å². The Morgan fingerprint density at radius 1 is 1.40 bits per heavy atom. The number of nitrogens with two attached hydrogens (primary N) is 1. The normalized spacial score (nSPS) is 12.7. The summed E-state index contributed by atoms with van der Waals surface area (Å²) < 4.78 is 0. The lowest BCUT2D eigenvalue weighted by Gasteiger charge is -2.07. The SMILES string of the molecule is CN=C(/C=C\N)c1cccc(C(C)C)c1. The monoisotopic (exact) mass is 202 g/mol. The second-order valence-electron chi connectivity index (χ2n) is 3.75. The number of allylic oxidation sites excluding steroid dienone is 1. The van der Waals surface area contributed by atoms with Crippen LogP contribution in [-0.4, -0.2) is 12.8 Å². The van der Waals surface area contributed by atoms with Crippen LogP contribution in [0.2, 0.25) is 0 Å². The van der Waals surface area contributed by atoms with Gasteiger partial charge in [-0.25, -0.2) is 0 Å². The highest BCUT2D eigenvalue weighted by molar-refractivity contribution is 6.08. The summed E-state index contributed by atoms with van der Waals surface area (Å²) >= 11 is 0. The molecule has 1 aromatic rings. The van der Waals surface area contributed by atoms with Gasteiger partial charge in [-0.3, -0.25) is 4.99 Å². The zero-order valence-corrected chi connectivity index (χ0v) is 9.57. The van der Waals surface area contributed by atoms with Crippen molar-refractivity contribution in [2.24, 2.45) is 10.7 Å². The molecule has 0 aliphatic carbocycles. The molecule has 0 radical (unpaired) electrons. The van der Waals surface area contributed by atoms with Crippen molar-refractivity contribution in [3.63, 3.8) is 0 Å². The molecule has 0 saturated heterocycles. The van der Waals surface area contributed by atoms with Crippen molar-refractivity contribution >= 4 is 5.71 Å². The topological polar surface area (TPSA) is 38.4 Å². The van der Waals surface area contributed by atoms with Gasteiger partial charge >= 0.3 is 0 Å². The van der Waals surface area contributed by atoms with Gasteiger partial charge < -0.3 is 5.73 Å². The van der Waals surface area contributed by atoms with Crippen LogP contribution in [0.25, 0.3) is 0 Å². The highest BCUT2D eigenvalue weighted by atomic mass is 14.7. The van der Waals surface area contributed by atoms with Crippen molar-refractivity contribution in [3.05, 3.63) is 47.7 Å². The van der Waals surface area contributed by atoms with Gasteiger partial charge in [0.15, 0.2) is 0 Å². The Morgan fingerprint density at radius 2 is 2.13 bits per heavy atom. The Kier molecular flexibility index (Phi) is 4.10. The van der Waals surface area contributed by atoms with Crippen molar-refractivity contribution in [3.8, 4) is 0 Å². The second-order valence-corrected chi connectivity index (χ2v) is 3.75. The maximum absolute atomic E-state index is 5.38. The number of benzene rings is 1. The summed E-state index contributed by atoms with van der Waals surface area (Å²) in [6.45, 7) is 4.36. The van der Waals surface area contributed by atoms with Crippen molar-refractivity contribution in [1.29, 1.82) is 0 Å². The molecule has 2 N–H and O–H groups in total. The van der Waals surface area contributed by atoms with Crippen LogP contribution in [0.3, 0.4) is 0 Å². The van der Waals surface area contributed by atoms with Gasteiger partial charge in [0, 0.05) is 7.05 Å². The summed E-state index contributed by atoms with van der Waals surface area (Å²) in [7, 11) is 1.78. The molecular weight excluding hydrogens is 184 g/mol. The standard InChI is InChI=1S/C13H18N2/c1-10(2)11-5-4-6-12(9-11)13(15-3)7-8-14/h4-10H,14H2,1-3H3/b8-7-,15-13?. The third kappa shape index (κ3) is 2.94. The molecule has 0 aromatic heterocycles. The number of aliphatic imine (C=N–C) groups is 1. The van der Waals surface area contributed by atoms with Crippen LogP contribution >= 0.6 is 0 Å². The van der Waals surface area contributed by atoms with Crippen molar-refractivity contribution in [2.75, 3.05) is 7.05 Å². The maximum Gasteiger partial charge on any atom is 0.0657 e. The van der Waals surface area contributed by atoms with E-state index in [-0.39, 0.29) is 0 Å². The summed E-state index contributed by atoms with van der Waals surface area (Å²) in [5, 5.41) is 0. The Balaban J connectivity index is 3.09. The van der Waals surface area contributed by atoms with Crippen LogP contribution in [0.1, 0.15) is 30.9 Å². The third-order valence-electron chi connectivity index (χ3n) is 2.34. The van der Waals surface area contributed by atoms with Crippen molar-refractivity contribution in [2.45, 2.75) is 19.8 Å². The summed E-state index contributed by atoms with van der Waals surface area (Å²) in [6.07, 6.45) is 3.34. The van der Waals surface area contributed by atoms with E-state index in [1.165, 1.54) is 11.8 Å². The van der Waals surface area contributed by atoms with E-state index < -0.39 is 0 Å². The minimum absolute atomic E-state index is 0.532. The minimum atomic E-state index is 0.532. The van der Waals surface area contributed by atoms with Gasteiger partial charge in [0.1, 0.15) is 0 Å². The molecule has 15 heavy (non-hydrogen) atoms. The molecule has 0 unspecified atom stereocenters. The van der Waals surface area contributed by atoms with E-state index in [1.54, 1.807) is 7.05 Å². The van der Waals surface area contributed by atoms with Gasteiger partial charge in [0.05, 0.1) is 5.71 Å². The fourth-order valence-corrected chi connectivity index (χ4v) is 1.45. The first-order valence-corrected chi connectivity index (χ1v) is 5.14. The number of hydrogen-bond acceptors (Lipinski definition) is 2. The smallest absolute Gasteiger partial charge is 0.0657 e. The molecule has 80 valence electrons. The van der Waals surface area contributed by atoms with Crippen LogP contribution in [-0.2, 0) is 0 Å². The van der Waals surface area contributed by atoms with Crippen LogP contribution in [0.4, 0.5) is 0 Å². The Hall–Kier alpha value is -1.57. The van der Waals surface area contributed by atoms with E-state index in [0.29, 0.717) is 5.92 Å². The predicted octanol–water partition coefficient (Wildman–Crippen LogP) is 2.70. The molecule has 0 aliphatic heterocycles. The average molecular weight is 202 g/mol. The highest BCUT2D eigenvalue weighted by Crippen LogP contribution is 2.16. The van der Waals surface area contributed by atoms with Gasteiger partial charge in [-0.2, -0.15) is 0 Å². The number of rotatable bonds is 3. The van der Waals surface area contributed by atoms with E-state index in [4.69, 9.17) is 5.73 Å². The molecule has 2 nitrogen and oxygen atoms in total. The Morgan fingerprint density at radius 3 is 2.67 bits per heavy atom. The van der Waals surface area contributed by atoms with Crippen molar-refractivity contribution in [1.82, 2.24) is 0 Å². The van der Waals surface area contributed by atoms with Gasteiger partial charge in [0.2, 0.25) is 0 Å². The van der Waals surface area contributed by atoms with Crippen LogP contribution in [0.5, 0.6) is 0 Å². The molecule has 0 spiro atoms. The molecule has 0 bridgehead atoms. The molecule has 0 aliphatic rings. The molecule has 0 saturated carbocycles. The van der Waals surface area contributed by atoms with Crippen LogP contribution in [0.15, 0.2) is 41.5 Å².